The van der Waals surface area contributed by atoms with E-state index >= 15 is 0 Å². The Balaban J connectivity index is 2.03. The zero-order valence-corrected chi connectivity index (χ0v) is 14.2. The van der Waals surface area contributed by atoms with Crippen LogP contribution in [0.3, 0.4) is 0 Å². The summed E-state index contributed by atoms with van der Waals surface area (Å²) in [6.07, 6.45) is 3.99. The maximum atomic E-state index is 4.22. The average Bonchev–Trinajstić information content (AvgIpc) is 2.89. The molecule has 2 aromatic rings. The van der Waals surface area contributed by atoms with Gasteiger partial charge in [0.05, 0.1) is 6.20 Å². The van der Waals surface area contributed by atoms with E-state index in [-0.39, 0.29) is 0 Å². The molecule has 0 aliphatic heterocycles. The molecule has 0 saturated heterocycles. The molecule has 0 saturated carbocycles. The summed E-state index contributed by atoms with van der Waals surface area (Å²) in [5.74, 6) is 1.60. The van der Waals surface area contributed by atoms with Crippen LogP contribution in [0.15, 0.2) is 41.6 Å². The van der Waals surface area contributed by atoms with Crippen LogP contribution in [-0.4, -0.2) is 22.1 Å². The molecule has 1 atom stereocenters. The molecule has 1 aromatic heterocycles. The first-order valence-electron chi connectivity index (χ1n) is 7.54. The Morgan fingerprint density at radius 2 is 1.86 bits per heavy atom. The van der Waals surface area contributed by atoms with Gasteiger partial charge in [-0.05, 0) is 23.6 Å². The molecule has 2 rings (SSSR count). The Hall–Kier alpha value is -1.26. The van der Waals surface area contributed by atoms with Gasteiger partial charge in [0.15, 0.2) is 0 Å². The van der Waals surface area contributed by atoms with Crippen LogP contribution in [0.2, 0.25) is 0 Å². The molecule has 0 amide bonds. The monoisotopic (exact) mass is 303 g/mol. The van der Waals surface area contributed by atoms with Crippen LogP contribution in [0.25, 0.3) is 0 Å². The molecule has 0 aliphatic rings. The highest BCUT2D eigenvalue weighted by Gasteiger charge is 2.12. The predicted molar refractivity (Wildman–Crippen MR) is 90.9 cm³/mol. The van der Waals surface area contributed by atoms with Gasteiger partial charge in [0.1, 0.15) is 0 Å². The summed E-state index contributed by atoms with van der Waals surface area (Å²) in [6, 6.07) is 9.39. The first kappa shape index (κ1) is 16.1. The van der Waals surface area contributed by atoms with Crippen molar-refractivity contribution >= 4 is 11.8 Å². The Morgan fingerprint density at radius 1 is 1.19 bits per heavy atom. The van der Waals surface area contributed by atoms with Crippen molar-refractivity contribution in [2.75, 3.05) is 12.3 Å². The molecule has 0 aliphatic carbocycles. The zero-order chi connectivity index (χ0) is 15.2. The molecular weight excluding hydrogens is 278 g/mol. The fourth-order valence-corrected chi connectivity index (χ4v) is 3.30. The van der Waals surface area contributed by atoms with Crippen molar-refractivity contribution in [2.24, 2.45) is 7.05 Å². The Morgan fingerprint density at radius 3 is 2.38 bits per heavy atom. The van der Waals surface area contributed by atoms with E-state index < -0.39 is 0 Å². The summed E-state index contributed by atoms with van der Waals surface area (Å²) in [6.45, 7) is 7.60. The molecular formula is C17H25N3S. The van der Waals surface area contributed by atoms with Crippen molar-refractivity contribution in [3.8, 4) is 0 Å². The second kappa shape index (κ2) is 7.66. The van der Waals surface area contributed by atoms with Crippen molar-refractivity contribution in [3.63, 3.8) is 0 Å². The summed E-state index contributed by atoms with van der Waals surface area (Å²) in [5, 5.41) is 7.80. The predicted octanol–water partition coefficient (Wildman–Crippen LogP) is 3.99. The van der Waals surface area contributed by atoms with E-state index in [0.29, 0.717) is 12.0 Å². The third kappa shape index (κ3) is 4.61. The van der Waals surface area contributed by atoms with Gasteiger partial charge in [-0.15, -0.1) is 11.8 Å². The van der Waals surface area contributed by atoms with Gasteiger partial charge in [-0.25, -0.2) is 0 Å². The zero-order valence-electron chi connectivity index (χ0n) is 13.3. The van der Waals surface area contributed by atoms with Gasteiger partial charge in [-0.2, -0.15) is 5.10 Å². The summed E-state index contributed by atoms with van der Waals surface area (Å²) >= 11 is 1.85. The van der Waals surface area contributed by atoms with Crippen LogP contribution in [-0.2, 0) is 7.05 Å². The molecule has 1 aromatic carbocycles. The van der Waals surface area contributed by atoms with Gasteiger partial charge in [0.2, 0.25) is 0 Å². The topological polar surface area (TPSA) is 29.9 Å². The largest absolute Gasteiger partial charge is 0.309 e. The van der Waals surface area contributed by atoms with Crippen LogP contribution in [0.4, 0.5) is 0 Å². The summed E-state index contributed by atoms with van der Waals surface area (Å²) in [5.41, 5.74) is 2.76. The summed E-state index contributed by atoms with van der Waals surface area (Å²) in [4.78, 5) is 1.22. The van der Waals surface area contributed by atoms with Crippen molar-refractivity contribution in [2.45, 2.75) is 37.6 Å². The number of aromatic nitrogens is 2. The lowest BCUT2D eigenvalue weighted by atomic mass is 9.99. The SMILES string of the molecule is CCNC(CSc1cnn(C)c1)c1ccc(C(C)C)cc1. The standard InChI is InChI=1S/C17H25N3S/c1-5-18-17(12-21-16-10-19-20(4)11-16)15-8-6-14(7-9-15)13(2)3/h6-11,13,17-18H,5,12H2,1-4H3. The number of hydrogen-bond acceptors (Lipinski definition) is 3. The van der Waals surface area contributed by atoms with Gasteiger partial charge in [-0.1, -0.05) is 45.0 Å². The summed E-state index contributed by atoms with van der Waals surface area (Å²) < 4.78 is 1.85. The lowest BCUT2D eigenvalue weighted by Crippen LogP contribution is -2.22. The van der Waals surface area contributed by atoms with E-state index in [0.717, 1.165) is 12.3 Å². The highest BCUT2D eigenvalue weighted by Crippen LogP contribution is 2.25. The Labute approximate surface area is 132 Å². The first-order valence-corrected chi connectivity index (χ1v) is 8.53. The highest BCUT2D eigenvalue weighted by atomic mass is 32.2. The van der Waals surface area contributed by atoms with Gasteiger partial charge in [0.25, 0.3) is 0 Å². The smallest absolute Gasteiger partial charge is 0.0625 e. The molecule has 3 nitrogen and oxygen atoms in total. The molecule has 0 bridgehead atoms. The van der Waals surface area contributed by atoms with E-state index in [2.05, 4.69) is 61.6 Å². The van der Waals surface area contributed by atoms with Crippen LogP contribution >= 0.6 is 11.8 Å². The number of rotatable bonds is 7. The van der Waals surface area contributed by atoms with E-state index in [9.17, 15) is 0 Å². The number of nitrogens with zero attached hydrogens (tertiary/aromatic N) is 2. The molecule has 21 heavy (non-hydrogen) atoms. The number of thioether (sulfide) groups is 1. The van der Waals surface area contributed by atoms with Crippen LogP contribution in [0, 0.1) is 0 Å². The fourth-order valence-electron chi connectivity index (χ4n) is 2.29. The fraction of sp³-hybridized carbons (Fsp3) is 0.471. The molecule has 114 valence electrons. The lowest BCUT2D eigenvalue weighted by Gasteiger charge is -2.18. The van der Waals surface area contributed by atoms with Crippen molar-refractivity contribution in [1.82, 2.24) is 15.1 Å². The third-order valence-corrected chi connectivity index (χ3v) is 4.60. The average molecular weight is 303 g/mol. The van der Waals surface area contributed by atoms with E-state index in [1.54, 1.807) is 0 Å². The second-order valence-electron chi connectivity index (χ2n) is 5.59. The van der Waals surface area contributed by atoms with Gasteiger partial charge < -0.3 is 5.32 Å². The Kier molecular flexibility index (Phi) is 5.88. The molecule has 4 heteroatoms. The van der Waals surface area contributed by atoms with Gasteiger partial charge in [0, 0.05) is 29.9 Å². The maximum absolute atomic E-state index is 4.22. The van der Waals surface area contributed by atoms with Crippen LogP contribution < -0.4 is 5.32 Å². The quantitative estimate of drug-likeness (QED) is 0.785. The van der Waals surface area contributed by atoms with Crippen molar-refractivity contribution in [1.29, 1.82) is 0 Å². The van der Waals surface area contributed by atoms with E-state index in [1.807, 2.05) is 29.7 Å². The first-order chi connectivity index (χ1) is 10.1. The highest BCUT2D eigenvalue weighted by molar-refractivity contribution is 7.99. The molecule has 0 fully saturated rings. The molecule has 1 heterocycles. The van der Waals surface area contributed by atoms with Gasteiger partial charge >= 0.3 is 0 Å². The lowest BCUT2D eigenvalue weighted by molar-refractivity contribution is 0.605. The normalized spacial score (nSPS) is 12.8. The molecule has 0 spiro atoms. The molecule has 1 unspecified atom stereocenters. The van der Waals surface area contributed by atoms with Crippen LogP contribution in [0.5, 0.6) is 0 Å². The minimum Gasteiger partial charge on any atom is -0.309 e. The van der Waals surface area contributed by atoms with Gasteiger partial charge in [-0.3, -0.25) is 4.68 Å². The summed E-state index contributed by atoms with van der Waals surface area (Å²) in [7, 11) is 1.95. The number of nitrogens with one attached hydrogen (secondary N) is 1. The van der Waals surface area contributed by atoms with Crippen molar-refractivity contribution < 1.29 is 0 Å². The van der Waals surface area contributed by atoms with E-state index in [4.69, 9.17) is 0 Å². The Bertz CT molecular complexity index is 545. The minimum absolute atomic E-state index is 0.376. The second-order valence-corrected chi connectivity index (χ2v) is 6.69. The van der Waals surface area contributed by atoms with E-state index in [1.165, 1.54) is 16.0 Å². The van der Waals surface area contributed by atoms with Crippen LogP contribution in [0.1, 0.15) is 43.9 Å². The number of benzene rings is 1. The minimum atomic E-state index is 0.376. The maximum Gasteiger partial charge on any atom is 0.0625 e. The third-order valence-electron chi connectivity index (χ3n) is 3.55. The molecule has 0 radical (unpaired) electrons. The number of aryl methyl sites for hydroxylation is 1. The number of hydrogen-bond donors (Lipinski definition) is 1. The molecule has 1 N–H and O–H groups in total. The van der Waals surface area contributed by atoms with Crippen molar-refractivity contribution in [3.05, 3.63) is 47.8 Å².